The first kappa shape index (κ1) is 14.8. The van der Waals surface area contributed by atoms with Crippen LogP contribution in [0.2, 0.25) is 0 Å². The number of amides is 1. The van der Waals surface area contributed by atoms with Gasteiger partial charge in [-0.15, -0.1) is 5.10 Å². The van der Waals surface area contributed by atoms with Gasteiger partial charge in [0.15, 0.2) is 5.76 Å². The molecule has 0 spiro atoms. The first-order chi connectivity index (χ1) is 11.2. The summed E-state index contributed by atoms with van der Waals surface area (Å²) in [5, 5.41) is 6.68. The van der Waals surface area contributed by atoms with Crippen molar-refractivity contribution in [3.8, 4) is 11.7 Å². The summed E-state index contributed by atoms with van der Waals surface area (Å²) in [5.74, 6) is -0.703. The standard InChI is InChI=1S/C16H15N3O4/c1-2-11-5-3-6-12(9-11)17-14(20)10-19-16(21)23-15(18-19)13-7-4-8-22-13/h3-9H,2,10H2,1H3,(H,17,20). The number of rotatable bonds is 5. The minimum absolute atomic E-state index is 0.0424. The predicted octanol–water partition coefficient (Wildman–Crippen LogP) is 2.30. The van der Waals surface area contributed by atoms with Gasteiger partial charge in [0.25, 0.3) is 5.89 Å². The fourth-order valence-electron chi connectivity index (χ4n) is 2.11. The molecule has 0 unspecified atom stereocenters. The number of anilines is 1. The Balaban J connectivity index is 1.72. The molecule has 1 N–H and O–H groups in total. The SMILES string of the molecule is CCc1cccc(NC(=O)Cn2nc(-c3ccco3)oc2=O)c1. The summed E-state index contributed by atoms with van der Waals surface area (Å²) in [5.41, 5.74) is 1.79. The Labute approximate surface area is 131 Å². The molecule has 1 aromatic carbocycles. The molecule has 3 aromatic rings. The van der Waals surface area contributed by atoms with E-state index in [1.807, 2.05) is 25.1 Å². The van der Waals surface area contributed by atoms with Crippen LogP contribution < -0.4 is 11.1 Å². The van der Waals surface area contributed by atoms with E-state index in [0.29, 0.717) is 11.4 Å². The molecule has 0 saturated carbocycles. The summed E-state index contributed by atoms with van der Waals surface area (Å²) in [6.45, 7) is 1.80. The summed E-state index contributed by atoms with van der Waals surface area (Å²) in [7, 11) is 0. The predicted molar refractivity (Wildman–Crippen MR) is 82.9 cm³/mol. The maximum Gasteiger partial charge on any atom is 0.437 e. The number of nitrogens with zero attached hydrogens (tertiary/aromatic N) is 2. The number of carbonyl (C=O) groups excluding carboxylic acids is 1. The quantitative estimate of drug-likeness (QED) is 0.780. The van der Waals surface area contributed by atoms with Gasteiger partial charge in [-0.1, -0.05) is 19.1 Å². The molecule has 1 amide bonds. The van der Waals surface area contributed by atoms with Crippen LogP contribution >= 0.6 is 0 Å². The van der Waals surface area contributed by atoms with Gasteiger partial charge < -0.3 is 14.2 Å². The van der Waals surface area contributed by atoms with Crippen molar-refractivity contribution in [2.75, 3.05) is 5.32 Å². The molecule has 0 fully saturated rings. The van der Waals surface area contributed by atoms with Crippen molar-refractivity contribution < 1.29 is 13.6 Å². The van der Waals surface area contributed by atoms with Gasteiger partial charge in [-0.25, -0.2) is 4.79 Å². The molecule has 0 saturated heterocycles. The number of nitrogens with one attached hydrogen (secondary N) is 1. The van der Waals surface area contributed by atoms with E-state index in [4.69, 9.17) is 8.83 Å². The first-order valence-electron chi connectivity index (χ1n) is 7.16. The zero-order chi connectivity index (χ0) is 16.2. The Hall–Kier alpha value is -3.09. The fraction of sp³-hybridized carbons (Fsp3) is 0.188. The third-order valence-electron chi connectivity index (χ3n) is 3.25. The Bertz CT molecular complexity index is 862. The number of hydrogen-bond donors (Lipinski definition) is 1. The number of carbonyl (C=O) groups is 1. The van der Waals surface area contributed by atoms with Crippen molar-refractivity contribution in [1.82, 2.24) is 9.78 Å². The minimum atomic E-state index is -0.714. The van der Waals surface area contributed by atoms with Gasteiger partial charge in [0.2, 0.25) is 5.91 Å². The minimum Gasteiger partial charge on any atom is -0.459 e. The second-order valence-corrected chi connectivity index (χ2v) is 4.91. The van der Waals surface area contributed by atoms with E-state index in [9.17, 15) is 9.59 Å². The normalized spacial score (nSPS) is 10.7. The molecule has 0 aliphatic carbocycles. The number of aromatic nitrogens is 2. The van der Waals surface area contributed by atoms with Gasteiger partial charge in [-0.3, -0.25) is 4.79 Å². The van der Waals surface area contributed by atoms with E-state index >= 15 is 0 Å². The zero-order valence-electron chi connectivity index (χ0n) is 12.5. The Morgan fingerprint density at radius 2 is 2.17 bits per heavy atom. The van der Waals surface area contributed by atoms with Crippen LogP contribution in [0.5, 0.6) is 0 Å². The molecule has 0 atom stereocenters. The van der Waals surface area contributed by atoms with Crippen LogP contribution in [-0.2, 0) is 17.8 Å². The summed E-state index contributed by atoms with van der Waals surface area (Å²) in [6, 6.07) is 10.8. The van der Waals surface area contributed by atoms with Crippen LogP contribution in [-0.4, -0.2) is 15.7 Å². The van der Waals surface area contributed by atoms with Crippen LogP contribution in [0.4, 0.5) is 5.69 Å². The van der Waals surface area contributed by atoms with E-state index < -0.39 is 5.76 Å². The number of aryl methyl sites for hydroxylation is 1. The largest absolute Gasteiger partial charge is 0.459 e. The molecule has 3 rings (SSSR count). The second kappa shape index (κ2) is 6.35. The van der Waals surface area contributed by atoms with Gasteiger partial charge in [0.05, 0.1) is 6.26 Å². The van der Waals surface area contributed by atoms with Gasteiger partial charge in [-0.2, -0.15) is 4.68 Å². The molecule has 0 radical (unpaired) electrons. The smallest absolute Gasteiger partial charge is 0.437 e. The van der Waals surface area contributed by atoms with Crippen molar-refractivity contribution in [2.24, 2.45) is 0 Å². The van der Waals surface area contributed by atoms with Crippen LogP contribution in [0.15, 0.2) is 56.3 Å². The van der Waals surface area contributed by atoms with E-state index in [-0.39, 0.29) is 18.3 Å². The topological polar surface area (TPSA) is 90.3 Å². The van der Waals surface area contributed by atoms with Crippen LogP contribution in [0, 0.1) is 0 Å². The highest BCUT2D eigenvalue weighted by atomic mass is 16.4. The molecule has 7 nitrogen and oxygen atoms in total. The highest BCUT2D eigenvalue weighted by molar-refractivity contribution is 5.90. The molecule has 0 aliphatic rings. The van der Waals surface area contributed by atoms with E-state index in [2.05, 4.69) is 10.4 Å². The maximum atomic E-state index is 12.1. The molecule has 7 heteroatoms. The Morgan fingerprint density at radius 3 is 2.91 bits per heavy atom. The van der Waals surface area contributed by atoms with Gasteiger partial charge in [-0.05, 0) is 36.2 Å². The highest BCUT2D eigenvalue weighted by Gasteiger charge is 2.15. The van der Waals surface area contributed by atoms with E-state index in [1.54, 1.807) is 18.2 Å². The van der Waals surface area contributed by atoms with Crippen molar-refractivity contribution in [3.63, 3.8) is 0 Å². The molecule has 0 aliphatic heterocycles. The lowest BCUT2D eigenvalue weighted by Gasteiger charge is -2.05. The average molecular weight is 313 g/mol. The van der Waals surface area contributed by atoms with Crippen molar-refractivity contribution in [2.45, 2.75) is 19.9 Å². The maximum absolute atomic E-state index is 12.1. The number of furan rings is 1. The van der Waals surface area contributed by atoms with E-state index in [0.717, 1.165) is 16.7 Å². The molecule has 0 bridgehead atoms. The monoisotopic (exact) mass is 313 g/mol. The third kappa shape index (κ3) is 3.39. The van der Waals surface area contributed by atoms with E-state index in [1.165, 1.54) is 6.26 Å². The van der Waals surface area contributed by atoms with Crippen molar-refractivity contribution in [3.05, 3.63) is 58.8 Å². The molecular formula is C16H15N3O4. The summed E-state index contributed by atoms with van der Waals surface area (Å²) in [4.78, 5) is 23.8. The summed E-state index contributed by atoms with van der Waals surface area (Å²) >= 11 is 0. The van der Waals surface area contributed by atoms with Crippen LogP contribution in [0.1, 0.15) is 12.5 Å². The van der Waals surface area contributed by atoms with Crippen molar-refractivity contribution in [1.29, 1.82) is 0 Å². The van der Waals surface area contributed by atoms with Crippen molar-refractivity contribution >= 4 is 11.6 Å². The lowest BCUT2D eigenvalue weighted by Crippen LogP contribution is -2.25. The highest BCUT2D eigenvalue weighted by Crippen LogP contribution is 2.15. The Kier molecular flexibility index (Phi) is 4.09. The van der Waals surface area contributed by atoms with Crippen LogP contribution in [0.3, 0.4) is 0 Å². The second-order valence-electron chi connectivity index (χ2n) is 4.91. The first-order valence-corrected chi connectivity index (χ1v) is 7.16. The summed E-state index contributed by atoms with van der Waals surface area (Å²) < 4.78 is 11.0. The third-order valence-corrected chi connectivity index (χ3v) is 3.25. The molecular weight excluding hydrogens is 298 g/mol. The average Bonchev–Trinajstić information content (AvgIpc) is 3.18. The summed E-state index contributed by atoms with van der Waals surface area (Å²) in [6.07, 6.45) is 2.32. The zero-order valence-corrected chi connectivity index (χ0v) is 12.5. The number of benzene rings is 1. The molecule has 2 heterocycles. The molecule has 23 heavy (non-hydrogen) atoms. The van der Waals surface area contributed by atoms with Gasteiger partial charge in [0, 0.05) is 5.69 Å². The lowest BCUT2D eigenvalue weighted by atomic mass is 10.1. The lowest BCUT2D eigenvalue weighted by molar-refractivity contribution is -0.117. The van der Waals surface area contributed by atoms with Gasteiger partial charge >= 0.3 is 5.76 Å². The van der Waals surface area contributed by atoms with Gasteiger partial charge in [0.1, 0.15) is 6.54 Å². The Morgan fingerprint density at radius 1 is 1.30 bits per heavy atom. The molecule has 2 aromatic heterocycles. The fourth-order valence-corrected chi connectivity index (χ4v) is 2.11. The number of hydrogen-bond acceptors (Lipinski definition) is 5. The van der Waals surface area contributed by atoms with Crippen LogP contribution in [0.25, 0.3) is 11.7 Å². The molecule has 118 valence electrons.